The zero-order valence-corrected chi connectivity index (χ0v) is 20.0. The molecule has 192 valence electrons. The molecule has 9 nitrogen and oxygen atoms in total. The van der Waals surface area contributed by atoms with Crippen LogP contribution in [0.2, 0.25) is 0 Å². The fraction of sp³-hybridized carbons (Fsp3) is 0.417. The third kappa shape index (κ3) is 4.85. The molecule has 0 saturated carbocycles. The normalized spacial score (nSPS) is 15.7. The van der Waals surface area contributed by atoms with E-state index in [2.05, 4.69) is 15.3 Å². The largest absolute Gasteiger partial charge is 0.494 e. The summed E-state index contributed by atoms with van der Waals surface area (Å²) in [5.74, 6) is -0.661. The van der Waals surface area contributed by atoms with Crippen LogP contribution >= 0.6 is 0 Å². The number of amides is 2. The number of aromatic nitrogens is 2. The molecule has 1 fully saturated rings. The summed E-state index contributed by atoms with van der Waals surface area (Å²) in [7, 11) is 1.32. The van der Waals surface area contributed by atoms with Gasteiger partial charge in [0.15, 0.2) is 11.5 Å². The molecule has 0 bridgehead atoms. The fourth-order valence-corrected chi connectivity index (χ4v) is 4.16. The maximum Gasteiger partial charge on any atom is 0.433 e. The van der Waals surface area contributed by atoms with E-state index in [-0.39, 0.29) is 39.9 Å². The maximum absolute atomic E-state index is 13.2. The average Bonchev–Trinajstić information content (AvgIpc) is 3.52. The number of pyridine rings is 1. The first kappa shape index (κ1) is 25.4. The lowest BCUT2D eigenvalue weighted by Gasteiger charge is -2.20. The molecule has 36 heavy (non-hydrogen) atoms. The van der Waals surface area contributed by atoms with Crippen molar-refractivity contribution in [3.8, 4) is 17.2 Å². The van der Waals surface area contributed by atoms with Gasteiger partial charge in [-0.15, -0.1) is 0 Å². The molecule has 2 amide bonds. The van der Waals surface area contributed by atoms with Gasteiger partial charge in [-0.2, -0.15) is 13.2 Å². The maximum atomic E-state index is 13.2. The van der Waals surface area contributed by atoms with Gasteiger partial charge in [-0.3, -0.25) is 9.59 Å². The van der Waals surface area contributed by atoms with Crippen LogP contribution in [0.25, 0.3) is 22.4 Å². The number of nitrogens with zero attached hydrogens (tertiary/aromatic N) is 3. The van der Waals surface area contributed by atoms with E-state index in [1.165, 1.54) is 19.2 Å². The van der Waals surface area contributed by atoms with Crippen molar-refractivity contribution in [2.75, 3.05) is 20.2 Å². The highest BCUT2D eigenvalue weighted by molar-refractivity contribution is 5.99. The summed E-state index contributed by atoms with van der Waals surface area (Å²) in [5.41, 5.74) is 5.09. The zero-order chi connectivity index (χ0) is 26.2. The number of carbonyl (C=O) groups is 2. The Hall–Kier alpha value is -3.67. The fourth-order valence-electron chi connectivity index (χ4n) is 4.16. The van der Waals surface area contributed by atoms with Crippen LogP contribution in [0, 0.1) is 0 Å². The number of alkyl halides is 3. The lowest BCUT2D eigenvalue weighted by Crippen LogP contribution is -2.46. The predicted molar refractivity (Wildman–Crippen MR) is 124 cm³/mol. The highest BCUT2D eigenvalue weighted by Crippen LogP contribution is 2.37. The second kappa shape index (κ2) is 9.76. The lowest BCUT2D eigenvalue weighted by atomic mass is 10.1. The van der Waals surface area contributed by atoms with Gasteiger partial charge < -0.3 is 25.1 Å². The number of nitrogens with two attached hydrogens (primary N) is 1. The predicted octanol–water partition coefficient (Wildman–Crippen LogP) is 3.68. The summed E-state index contributed by atoms with van der Waals surface area (Å²) in [5, 5.41) is 2.93. The van der Waals surface area contributed by atoms with E-state index in [1.807, 2.05) is 0 Å². The van der Waals surface area contributed by atoms with Gasteiger partial charge in [-0.1, -0.05) is 0 Å². The SMILES string of the molecule is COc1ccc(-c2nc(C(=O)N[C@@H](C)C(=O)N3CCCC3)c([C@H](C)N)o2)c2ccc(C(F)(F)F)nc12. The minimum absolute atomic E-state index is 0.0276. The lowest BCUT2D eigenvalue weighted by molar-refractivity contribution is -0.141. The number of rotatable bonds is 6. The van der Waals surface area contributed by atoms with E-state index in [0.29, 0.717) is 18.7 Å². The number of fused-ring (bicyclic) bond motifs is 1. The molecule has 3 aromatic rings. The molecule has 4 rings (SSSR count). The molecular weight excluding hydrogens is 479 g/mol. The van der Waals surface area contributed by atoms with Crippen LogP contribution in [-0.2, 0) is 11.0 Å². The number of ether oxygens (including phenoxy) is 1. The van der Waals surface area contributed by atoms with Crippen molar-refractivity contribution in [1.82, 2.24) is 20.2 Å². The molecule has 0 unspecified atom stereocenters. The Kier molecular flexibility index (Phi) is 6.90. The van der Waals surface area contributed by atoms with Crippen molar-refractivity contribution in [3.05, 3.63) is 41.4 Å². The van der Waals surface area contributed by atoms with Gasteiger partial charge in [0.2, 0.25) is 11.8 Å². The van der Waals surface area contributed by atoms with E-state index in [0.717, 1.165) is 18.9 Å². The van der Waals surface area contributed by atoms with Crippen LogP contribution in [0.3, 0.4) is 0 Å². The first-order chi connectivity index (χ1) is 17.0. The minimum Gasteiger partial charge on any atom is -0.494 e. The number of likely N-dealkylation sites (tertiary alicyclic amines) is 1. The van der Waals surface area contributed by atoms with Gasteiger partial charge in [-0.25, -0.2) is 9.97 Å². The molecule has 2 aromatic heterocycles. The van der Waals surface area contributed by atoms with Crippen LogP contribution < -0.4 is 15.8 Å². The van der Waals surface area contributed by atoms with E-state index < -0.39 is 29.9 Å². The Morgan fingerprint density at radius 2 is 1.83 bits per heavy atom. The Bertz CT molecular complexity index is 1300. The highest BCUT2D eigenvalue weighted by Gasteiger charge is 2.33. The van der Waals surface area contributed by atoms with Gasteiger partial charge in [0, 0.05) is 24.0 Å². The number of nitrogens with one attached hydrogen (secondary N) is 1. The summed E-state index contributed by atoms with van der Waals surface area (Å²) >= 11 is 0. The van der Waals surface area contributed by atoms with E-state index in [4.69, 9.17) is 14.9 Å². The number of hydrogen-bond acceptors (Lipinski definition) is 7. The molecule has 12 heteroatoms. The summed E-state index contributed by atoms with van der Waals surface area (Å²) < 4.78 is 50.8. The molecule has 2 atom stereocenters. The minimum atomic E-state index is -4.64. The second-order valence-corrected chi connectivity index (χ2v) is 8.65. The standard InChI is InChI=1S/C24H26F3N5O4/c1-12(28)20-19(21(33)29-13(2)23(34)32-10-4-5-11-32)31-22(36-20)15-6-8-16(35-3)18-14(15)7-9-17(30-18)24(25,26)27/h6-9,12-13H,4-5,10-11,28H2,1-3H3,(H,29,33)/t12-,13-/m0/s1. The first-order valence-corrected chi connectivity index (χ1v) is 11.4. The molecule has 3 heterocycles. The third-order valence-corrected chi connectivity index (χ3v) is 5.98. The van der Waals surface area contributed by atoms with Crippen molar-refractivity contribution < 1.29 is 31.9 Å². The van der Waals surface area contributed by atoms with Crippen molar-refractivity contribution in [2.45, 2.75) is 44.9 Å². The van der Waals surface area contributed by atoms with Crippen molar-refractivity contribution in [3.63, 3.8) is 0 Å². The number of benzene rings is 1. The molecular formula is C24H26F3N5O4. The molecule has 0 spiro atoms. The molecule has 1 aliphatic rings. The number of methoxy groups -OCH3 is 1. The summed E-state index contributed by atoms with van der Waals surface area (Å²) in [6.07, 6.45) is -2.80. The van der Waals surface area contributed by atoms with Gasteiger partial charge in [-0.05, 0) is 51.0 Å². The average molecular weight is 505 g/mol. The van der Waals surface area contributed by atoms with Crippen LogP contribution in [0.15, 0.2) is 28.7 Å². The molecule has 1 aliphatic heterocycles. The quantitative estimate of drug-likeness (QED) is 0.524. The molecule has 0 aliphatic carbocycles. The summed E-state index contributed by atoms with van der Waals surface area (Å²) in [6, 6.07) is 3.57. The Balaban J connectivity index is 1.72. The number of halogens is 3. The van der Waals surface area contributed by atoms with Gasteiger partial charge in [0.1, 0.15) is 23.0 Å². The molecule has 1 saturated heterocycles. The number of carbonyl (C=O) groups excluding carboxylic acids is 2. The van der Waals surface area contributed by atoms with Crippen LogP contribution in [-0.4, -0.2) is 52.9 Å². The topological polar surface area (TPSA) is 124 Å². The number of hydrogen-bond donors (Lipinski definition) is 2. The van der Waals surface area contributed by atoms with Gasteiger partial charge in [0.05, 0.1) is 13.2 Å². The summed E-state index contributed by atoms with van der Waals surface area (Å²) in [6.45, 7) is 4.48. The van der Waals surface area contributed by atoms with Crippen molar-refractivity contribution in [2.24, 2.45) is 5.73 Å². The highest BCUT2D eigenvalue weighted by atomic mass is 19.4. The molecule has 1 aromatic carbocycles. The first-order valence-electron chi connectivity index (χ1n) is 11.4. The second-order valence-electron chi connectivity index (χ2n) is 8.65. The molecule has 0 radical (unpaired) electrons. The van der Waals surface area contributed by atoms with E-state index in [9.17, 15) is 22.8 Å². The van der Waals surface area contributed by atoms with E-state index >= 15 is 0 Å². The van der Waals surface area contributed by atoms with Crippen LogP contribution in [0.1, 0.15) is 54.7 Å². The van der Waals surface area contributed by atoms with Gasteiger partial charge >= 0.3 is 6.18 Å². The summed E-state index contributed by atoms with van der Waals surface area (Å²) in [4.78, 5) is 35.4. The van der Waals surface area contributed by atoms with E-state index in [1.54, 1.807) is 24.8 Å². The Labute approximate surface area is 204 Å². The van der Waals surface area contributed by atoms with Crippen molar-refractivity contribution >= 4 is 22.7 Å². The smallest absolute Gasteiger partial charge is 0.433 e. The Morgan fingerprint density at radius 3 is 2.44 bits per heavy atom. The van der Waals surface area contributed by atoms with Crippen LogP contribution in [0.5, 0.6) is 5.75 Å². The van der Waals surface area contributed by atoms with Crippen LogP contribution in [0.4, 0.5) is 13.2 Å². The third-order valence-electron chi connectivity index (χ3n) is 5.98. The van der Waals surface area contributed by atoms with Gasteiger partial charge in [0.25, 0.3) is 5.91 Å². The monoisotopic (exact) mass is 505 g/mol. The number of oxazole rings is 1. The zero-order valence-electron chi connectivity index (χ0n) is 20.0. The van der Waals surface area contributed by atoms with Crippen molar-refractivity contribution in [1.29, 1.82) is 0 Å². The Morgan fingerprint density at radius 1 is 1.14 bits per heavy atom. The molecule has 3 N–H and O–H groups in total.